The monoisotopic (exact) mass is 306 g/mol. The predicted molar refractivity (Wildman–Crippen MR) is 89.4 cm³/mol. The lowest BCUT2D eigenvalue weighted by molar-refractivity contribution is 0.295. The molecule has 1 aromatic heterocycles. The summed E-state index contributed by atoms with van der Waals surface area (Å²) in [6.07, 6.45) is 14.7. The van der Waals surface area contributed by atoms with Crippen LogP contribution < -0.4 is 0 Å². The Morgan fingerprint density at radius 2 is 1.77 bits per heavy atom. The number of nitrogens with zero attached hydrogens (tertiary/aromatic N) is 2. The molecule has 2 rings (SSSR count). The highest BCUT2D eigenvalue weighted by molar-refractivity contribution is 5.10. The second kappa shape index (κ2) is 9.22. The number of hydrogen-bond donors (Lipinski definition) is 0. The van der Waals surface area contributed by atoms with Crippen molar-refractivity contribution >= 4 is 0 Å². The van der Waals surface area contributed by atoms with Crippen LogP contribution in [0.15, 0.2) is 6.20 Å². The maximum absolute atomic E-state index is 14.1. The van der Waals surface area contributed by atoms with Gasteiger partial charge < -0.3 is 0 Å². The van der Waals surface area contributed by atoms with Gasteiger partial charge in [-0.15, -0.1) is 0 Å². The minimum Gasteiger partial charge on any atom is -0.241 e. The lowest BCUT2D eigenvalue weighted by Gasteiger charge is -2.27. The summed E-state index contributed by atoms with van der Waals surface area (Å²) in [7, 11) is 0. The summed E-state index contributed by atoms with van der Waals surface area (Å²) in [5.74, 6) is 1.70. The zero-order valence-corrected chi connectivity index (χ0v) is 14.3. The van der Waals surface area contributed by atoms with Gasteiger partial charge in [0.1, 0.15) is 5.82 Å². The van der Waals surface area contributed by atoms with Gasteiger partial charge in [-0.05, 0) is 44.4 Å². The quantitative estimate of drug-likeness (QED) is 0.447. The predicted octanol–water partition coefficient (Wildman–Crippen LogP) is 5.81. The minimum atomic E-state index is -0.288. The Hall–Kier alpha value is -0.990. The Kier molecular flexibility index (Phi) is 7.28. The molecule has 0 amide bonds. The van der Waals surface area contributed by atoms with Crippen LogP contribution in [0.4, 0.5) is 4.39 Å². The van der Waals surface area contributed by atoms with Crippen molar-refractivity contribution in [2.24, 2.45) is 5.92 Å². The van der Waals surface area contributed by atoms with Crippen LogP contribution in [0.2, 0.25) is 0 Å². The van der Waals surface area contributed by atoms with Crippen molar-refractivity contribution in [3.05, 3.63) is 23.5 Å². The van der Waals surface area contributed by atoms with Gasteiger partial charge in [0.2, 0.25) is 5.95 Å². The van der Waals surface area contributed by atoms with Gasteiger partial charge in [0, 0.05) is 17.7 Å². The fourth-order valence-electron chi connectivity index (χ4n) is 3.52. The van der Waals surface area contributed by atoms with Crippen LogP contribution in [0.1, 0.15) is 95.4 Å². The molecule has 0 radical (unpaired) electrons. The van der Waals surface area contributed by atoms with Crippen LogP contribution in [0.25, 0.3) is 0 Å². The topological polar surface area (TPSA) is 25.8 Å². The van der Waals surface area contributed by atoms with Crippen LogP contribution in [-0.2, 0) is 6.42 Å². The van der Waals surface area contributed by atoms with Crippen molar-refractivity contribution in [3.63, 3.8) is 0 Å². The van der Waals surface area contributed by atoms with Gasteiger partial charge in [0.05, 0.1) is 0 Å². The summed E-state index contributed by atoms with van der Waals surface area (Å²) in [5, 5.41) is 0. The van der Waals surface area contributed by atoms with Crippen LogP contribution in [0, 0.1) is 11.9 Å². The molecule has 0 bridgehead atoms. The summed E-state index contributed by atoms with van der Waals surface area (Å²) in [5.41, 5.74) is 0.679. The van der Waals surface area contributed by atoms with E-state index in [0.29, 0.717) is 11.5 Å². The van der Waals surface area contributed by atoms with E-state index < -0.39 is 0 Å². The van der Waals surface area contributed by atoms with Gasteiger partial charge >= 0.3 is 0 Å². The number of hydrogen-bond acceptors (Lipinski definition) is 2. The van der Waals surface area contributed by atoms with Crippen LogP contribution in [0.5, 0.6) is 0 Å². The largest absolute Gasteiger partial charge is 0.241 e. The van der Waals surface area contributed by atoms with E-state index in [1.807, 2.05) is 0 Å². The van der Waals surface area contributed by atoms with E-state index in [-0.39, 0.29) is 5.95 Å². The lowest BCUT2D eigenvalue weighted by Crippen LogP contribution is -2.16. The van der Waals surface area contributed by atoms with E-state index in [4.69, 9.17) is 0 Å². The van der Waals surface area contributed by atoms with Crippen LogP contribution >= 0.6 is 0 Å². The molecule has 1 heterocycles. The second-order valence-electron chi connectivity index (χ2n) is 6.86. The van der Waals surface area contributed by atoms with Crippen molar-refractivity contribution in [3.8, 4) is 0 Å². The Bertz CT molecular complexity index is 439. The third kappa shape index (κ3) is 5.03. The van der Waals surface area contributed by atoms with Gasteiger partial charge in [-0.3, -0.25) is 0 Å². The van der Waals surface area contributed by atoms with E-state index in [9.17, 15) is 4.39 Å². The molecule has 22 heavy (non-hydrogen) atoms. The zero-order valence-electron chi connectivity index (χ0n) is 14.3. The van der Waals surface area contributed by atoms with Gasteiger partial charge in [-0.25, -0.2) is 9.97 Å². The Morgan fingerprint density at radius 3 is 2.41 bits per heavy atom. The van der Waals surface area contributed by atoms with Crippen LogP contribution in [-0.4, -0.2) is 9.97 Å². The summed E-state index contributed by atoms with van der Waals surface area (Å²) in [4.78, 5) is 8.64. The molecular formula is C19H31FN2. The lowest BCUT2D eigenvalue weighted by atomic mass is 9.79. The Morgan fingerprint density at radius 1 is 1.05 bits per heavy atom. The molecular weight excluding hydrogens is 275 g/mol. The molecule has 0 aliphatic heterocycles. The number of rotatable bonds is 8. The zero-order chi connectivity index (χ0) is 15.8. The summed E-state index contributed by atoms with van der Waals surface area (Å²) >= 11 is 0. The number of halogens is 1. The molecule has 1 aliphatic carbocycles. The average Bonchev–Trinajstić information content (AvgIpc) is 2.54. The molecule has 0 unspecified atom stereocenters. The number of unbranched alkanes of at least 4 members (excludes halogenated alkanes) is 3. The maximum Gasteiger partial charge on any atom is 0.219 e. The van der Waals surface area contributed by atoms with Crippen molar-refractivity contribution in [1.29, 1.82) is 0 Å². The first-order valence-corrected chi connectivity index (χ1v) is 9.25. The highest BCUT2D eigenvalue weighted by Gasteiger charge is 2.24. The fourth-order valence-corrected chi connectivity index (χ4v) is 3.52. The van der Waals surface area contributed by atoms with Crippen molar-refractivity contribution in [1.82, 2.24) is 9.97 Å². The molecule has 0 atom stereocenters. The Balaban J connectivity index is 1.84. The molecule has 3 heteroatoms. The maximum atomic E-state index is 14.1. The second-order valence-corrected chi connectivity index (χ2v) is 6.86. The summed E-state index contributed by atoms with van der Waals surface area (Å²) < 4.78 is 14.1. The average molecular weight is 306 g/mol. The normalized spacial score (nSPS) is 22.0. The van der Waals surface area contributed by atoms with E-state index in [1.165, 1.54) is 38.5 Å². The standard InChI is InChI=1S/C19H31FN2/c1-3-5-7-8-15-10-12-16(13-11-15)19-21-14-17(9-6-4-2)18(20)22-19/h14-16H,3-13H2,1-2H3/t15-,16-. The van der Waals surface area contributed by atoms with Crippen molar-refractivity contribution in [2.75, 3.05) is 0 Å². The molecule has 0 saturated heterocycles. The van der Waals surface area contributed by atoms with Crippen molar-refractivity contribution in [2.45, 2.75) is 90.4 Å². The van der Waals surface area contributed by atoms with Crippen molar-refractivity contribution < 1.29 is 4.39 Å². The van der Waals surface area contributed by atoms with E-state index in [0.717, 1.165) is 43.8 Å². The summed E-state index contributed by atoms with van der Waals surface area (Å²) in [6, 6.07) is 0. The third-order valence-corrected chi connectivity index (χ3v) is 5.06. The van der Waals surface area contributed by atoms with E-state index in [1.54, 1.807) is 6.20 Å². The third-order valence-electron chi connectivity index (χ3n) is 5.06. The van der Waals surface area contributed by atoms with E-state index in [2.05, 4.69) is 23.8 Å². The highest BCUT2D eigenvalue weighted by atomic mass is 19.1. The smallest absolute Gasteiger partial charge is 0.219 e. The van der Waals surface area contributed by atoms with Gasteiger partial charge in [0.25, 0.3) is 0 Å². The Labute approximate surface area is 135 Å². The van der Waals surface area contributed by atoms with E-state index >= 15 is 0 Å². The summed E-state index contributed by atoms with van der Waals surface area (Å²) in [6.45, 7) is 4.37. The molecule has 0 aromatic carbocycles. The van der Waals surface area contributed by atoms with Gasteiger partial charge in [-0.1, -0.05) is 46.0 Å². The molecule has 2 nitrogen and oxygen atoms in total. The molecule has 1 fully saturated rings. The molecule has 124 valence electrons. The molecule has 1 saturated carbocycles. The minimum absolute atomic E-state index is 0.288. The first-order chi connectivity index (χ1) is 10.7. The van der Waals surface area contributed by atoms with Crippen LogP contribution in [0.3, 0.4) is 0 Å². The molecule has 0 spiro atoms. The highest BCUT2D eigenvalue weighted by Crippen LogP contribution is 2.36. The molecule has 1 aromatic rings. The SMILES string of the molecule is CCCCC[C@H]1CC[C@H](c2ncc(CCCC)c(F)n2)CC1. The van der Waals surface area contributed by atoms with Gasteiger partial charge in [-0.2, -0.15) is 4.39 Å². The molecule has 1 aliphatic rings. The first-order valence-electron chi connectivity index (χ1n) is 9.25. The number of aromatic nitrogens is 2. The molecule has 0 N–H and O–H groups in total. The fraction of sp³-hybridized carbons (Fsp3) is 0.789. The first kappa shape index (κ1) is 17.4. The van der Waals surface area contributed by atoms with Gasteiger partial charge in [0.15, 0.2) is 0 Å². The number of aryl methyl sites for hydroxylation is 1.